The second kappa shape index (κ2) is 6.23. The summed E-state index contributed by atoms with van der Waals surface area (Å²) in [5.41, 5.74) is 0. The van der Waals surface area contributed by atoms with Crippen LogP contribution in [0.3, 0.4) is 0 Å². The number of rotatable bonds is 6. The summed E-state index contributed by atoms with van der Waals surface area (Å²) in [5.74, 6) is 1.21. The summed E-state index contributed by atoms with van der Waals surface area (Å²) in [7, 11) is 2.02. The van der Waals surface area contributed by atoms with Crippen LogP contribution in [0.15, 0.2) is 0 Å². The molecule has 0 aromatic heterocycles. The SMILES string of the molecule is CC(C)CCN(C)CC(=O)C1CCOC1. The normalized spacial score (nSPS) is 21.5. The third kappa shape index (κ3) is 4.76. The fraction of sp³-hybridized carbons (Fsp3) is 0.917. The molecule has 0 saturated carbocycles. The Morgan fingerprint density at radius 2 is 2.27 bits per heavy atom. The van der Waals surface area contributed by atoms with Crippen molar-refractivity contribution >= 4 is 5.78 Å². The van der Waals surface area contributed by atoms with Crippen LogP contribution < -0.4 is 0 Å². The Bertz CT molecular complexity index is 198. The van der Waals surface area contributed by atoms with Crippen LogP contribution in [-0.4, -0.2) is 44.0 Å². The number of Topliss-reactive ketones (excluding diaryl/α,β-unsaturated/α-hetero) is 1. The molecule has 0 aliphatic carbocycles. The first-order valence-electron chi connectivity index (χ1n) is 5.88. The lowest BCUT2D eigenvalue weighted by Crippen LogP contribution is -2.31. The summed E-state index contributed by atoms with van der Waals surface area (Å²) in [6.07, 6.45) is 2.07. The van der Waals surface area contributed by atoms with Crippen LogP contribution in [0, 0.1) is 11.8 Å². The van der Waals surface area contributed by atoms with Gasteiger partial charge in [0.2, 0.25) is 0 Å². The van der Waals surface area contributed by atoms with Crippen LogP contribution in [0.1, 0.15) is 26.7 Å². The van der Waals surface area contributed by atoms with Crippen LogP contribution in [0.2, 0.25) is 0 Å². The molecule has 15 heavy (non-hydrogen) atoms. The standard InChI is InChI=1S/C12H23NO2/c1-10(2)4-6-13(3)8-12(14)11-5-7-15-9-11/h10-11H,4-9H2,1-3H3. The van der Waals surface area contributed by atoms with E-state index in [0.29, 0.717) is 24.9 Å². The maximum atomic E-state index is 11.8. The molecule has 1 heterocycles. The minimum absolute atomic E-state index is 0.159. The number of carbonyl (C=O) groups excluding carboxylic acids is 1. The fourth-order valence-electron chi connectivity index (χ4n) is 1.74. The molecular weight excluding hydrogens is 190 g/mol. The van der Waals surface area contributed by atoms with Gasteiger partial charge in [-0.3, -0.25) is 9.69 Å². The minimum Gasteiger partial charge on any atom is -0.381 e. The van der Waals surface area contributed by atoms with E-state index >= 15 is 0 Å². The zero-order valence-electron chi connectivity index (χ0n) is 10.2. The quantitative estimate of drug-likeness (QED) is 0.671. The van der Waals surface area contributed by atoms with Crippen molar-refractivity contribution in [2.45, 2.75) is 26.7 Å². The molecule has 1 aliphatic rings. The van der Waals surface area contributed by atoms with Gasteiger partial charge in [-0.15, -0.1) is 0 Å². The molecule has 0 aromatic carbocycles. The zero-order valence-corrected chi connectivity index (χ0v) is 10.2. The largest absolute Gasteiger partial charge is 0.381 e. The van der Waals surface area contributed by atoms with Crippen molar-refractivity contribution in [3.8, 4) is 0 Å². The van der Waals surface area contributed by atoms with Crippen molar-refractivity contribution < 1.29 is 9.53 Å². The summed E-state index contributed by atoms with van der Waals surface area (Å²) in [4.78, 5) is 13.9. The molecule has 1 fully saturated rings. The van der Waals surface area contributed by atoms with Crippen LogP contribution in [-0.2, 0) is 9.53 Å². The Morgan fingerprint density at radius 3 is 2.80 bits per heavy atom. The average Bonchev–Trinajstić information content (AvgIpc) is 2.67. The fourth-order valence-corrected chi connectivity index (χ4v) is 1.74. The predicted molar refractivity (Wildman–Crippen MR) is 60.9 cm³/mol. The Hall–Kier alpha value is -0.410. The van der Waals surface area contributed by atoms with E-state index in [1.54, 1.807) is 0 Å². The van der Waals surface area contributed by atoms with Gasteiger partial charge >= 0.3 is 0 Å². The van der Waals surface area contributed by atoms with Gasteiger partial charge in [-0.05, 0) is 32.4 Å². The lowest BCUT2D eigenvalue weighted by Gasteiger charge is -2.18. The average molecular weight is 213 g/mol. The van der Waals surface area contributed by atoms with Gasteiger partial charge in [0, 0.05) is 12.5 Å². The van der Waals surface area contributed by atoms with Crippen molar-refractivity contribution in [3.63, 3.8) is 0 Å². The smallest absolute Gasteiger partial charge is 0.152 e. The molecule has 0 amide bonds. The number of carbonyl (C=O) groups is 1. The van der Waals surface area contributed by atoms with Crippen LogP contribution >= 0.6 is 0 Å². The molecule has 88 valence electrons. The maximum Gasteiger partial charge on any atom is 0.152 e. The maximum absolute atomic E-state index is 11.8. The summed E-state index contributed by atoms with van der Waals surface area (Å²) < 4.78 is 5.22. The van der Waals surface area contributed by atoms with E-state index in [4.69, 9.17) is 4.74 Å². The number of hydrogen-bond donors (Lipinski definition) is 0. The molecule has 1 unspecified atom stereocenters. The second-order valence-electron chi connectivity index (χ2n) is 4.95. The predicted octanol–water partition coefficient (Wildman–Crippen LogP) is 1.57. The highest BCUT2D eigenvalue weighted by molar-refractivity contribution is 5.83. The molecule has 1 rings (SSSR count). The monoisotopic (exact) mass is 213 g/mol. The first-order valence-corrected chi connectivity index (χ1v) is 5.88. The molecule has 1 aliphatic heterocycles. The van der Waals surface area contributed by atoms with Gasteiger partial charge in [0.05, 0.1) is 13.2 Å². The van der Waals surface area contributed by atoms with E-state index in [1.807, 2.05) is 7.05 Å². The van der Waals surface area contributed by atoms with Gasteiger partial charge in [-0.1, -0.05) is 13.8 Å². The second-order valence-corrected chi connectivity index (χ2v) is 4.95. The van der Waals surface area contributed by atoms with E-state index in [0.717, 1.165) is 26.0 Å². The summed E-state index contributed by atoms with van der Waals surface area (Å²) in [6, 6.07) is 0. The summed E-state index contributed by atoms with van der Waals surface area (Å²) >= 11 is 0. The molecule has 1 atom stereocenters. The summed E-state index contributed by atoms with van der Waals surface area (Å²) in [5, 5.41) is 0. The van der Waals surface area contributed by atoms with Crippen molar-refractivity contribution in [1.82, 2.24) is 4.90 Å². The molecule has 1 saturated heterocycles. The lowest BCUT2D eigenvalue weighted by molar-refractivity contribution is -0.123. The van der Waals surface area contributed by atoms with E-state index in [9.17, 15) is 4.79 Å². The molecule has 0 bridgehead atoms. The molecular formula is C12H23NO2. The molecule has 0 radical (unpaired) electrons. The van der Waals surface area contributed by atoms with Crippen molar-refractivity contribution in [3.05, 3.63) is 0 Å². The lowest BCUT2D eigenvalue weighted by atomic mass is 10.0. The first-order chi connectivity index (χ1) is 7.09. The number of ketones is 1. The van der Waals surface area contributed by atoms with Gasteiger partial charge in [0.25, 0.3) is 0 Å². The van der Waals surface area contributed by atoms with Gasteiger partial charge in [-0.2, -0.15) is 0 Å². The van der Waals surface area contributed by atoms with Gasteiger partial charge < -0.3 is 4.74 Å². The molecule has 3 heteroatoms. The Balaban J connectivity index is 2.18. The number of ether oxygens (including phenoxy) is 1. The highest BCUT2D eigenvalue weighted by Crippen LogP contribution is 2.13. The van der Waals surface area contributed by atoms with E-state index < -0.39 is 0 Å². The zero-order chi connectivity index (χ0) is 11.3. The number of nitrogens with zero attached hydrogens (tertiary/aromatic N) is 1. The number of hydrogen-bond acceptors (Lipinski definition) is 3. The Kier molecular flexibility index (Phi) is 5.26. The van der Waals surface area contributed by atoms with E-state index in [1.165, 1.54) is 0 Å². The summed E-state index contributed by atoms with van der Waals surface area (Å²) in [6.45, 7) is 7.40. The van der Waals surface area contributed by atoms with Crippen LogP contribution in [0.5, 0.6) is 0 Å². The highest BCUT2D eigenvalue weighted by atomic mass is 16.5. The van der Waals surface area contributed by atoms with E-state index in [-0.39, 0.29) is 5.92 Å². The minimum atomic E-state index is 0.159. The van der Waals surface area contributed by atoms with Crippen molar-refractivity contribution in [1.29, 1.82) is 0 Å². The van der Waals surface area contributed by atoms with Crippen LogP contribution in [0.4, 0.5) is 0 Å². The van der Waals surface area contributed by atoms with E-state index in [2.05, 4.69) is 18.7 Å². The third-order valence-corrected chi connectivity index (χ3v) is 2.90. The van der Waals surface area contributed by atoms with Crippen molar-refractivity contribution in [2.24, 2.45) is 11.8 Å². The van der Waals surface area contributed by atoms with Crippen LogP contribution in [0.25, 0.3) is 0 Å². The first kappa shape index (κ1) is 12.7. The van der Waals surface area contributed by atoms with Gasteiger partial charge in [0.15, 0.2) is 5.78 Å². The van der Waals surface area contributed by atoms with Crippen molar-refractivity contribution in [2.75, 3.05) is 33.4 Å². The Morgan fingerprint density at radius 1 is 1.53 bits per heavy atom. The topological polar surface area (TPSA) is 29.5 Å². The number of likely N-dealkylation sites (N-methyl/N-ethyl adjacent to an activating group) is 1. The van der Waals surface area contributed by atoms with Gasteiger partial charge in [-0.25, -0.2) is 0 Å². The van der Waals surface area contributed by atoms with Gasteiger partial charge in [0.1, 0.15) is 0 Å². The molecule has 3 nitrogen and oxygen atoms in total. The molecule has 0 aromatic rings. The molecule has 0 N–H and O–H groups in total. The molecule has 0 spiro atoms. The third-order valence-electron chi connectivity index (χ3n) is 2.90. The Labute approximate surface area is 92.8 Å². The highest BCUT2D eigenvalue weighted by Gasteiger charge is 2.23.